The van der Waals surface area contributed by atoms with Crippen molar-refractivity contribution in [1.29, 1.82) is 0 Å². The summed E-state index contributed by atoms with van der Waals surface area (Å²) in [6.45, 7) is 5.10. The van der Waals surface area contributed by atoms with Crippen molar-refractivity contribution in [2.75, 3.05) is 12.8 Å². The van der Waals surface area contributed by atoms with E-state index < -0.39 is 0 Å². The number of carbonyl (C=O) groups is 1. The Bertz CT molecular complexity index is 472. The van der Waals surface area contributed by atoms with E-state index in [-0.39, 0.29) is 5.41 Å². The van der Waals surface area contributed by atoms with Gasteiger partial charge in [0.25, 0.3) is 0 Å². The largest absolute Gasteiger partial charge is 0.399 e. The third-order valence-electron chi connectivity index (χ3n) is 4.56. The van der Waals surface area contributed by atoms with Crippen LogP contribution in [0.2, 0.25) is 0 Å². The quantitative estimate of drug-likeness (QED) is 0.837. The summed E-state index contributed by atoms with van der Waals surface area (Å²) in [6.07, 6.45) is 5.49. The summed E-state index contributed by atoms with van der Waals surface area (Å²) in [4.78, 5) is 14.9. The molecular formula is C18H28N2O. The summed E-state index contributed by atoms with van der Waals surface area (Å²) in [5.74, 6) is 0.891. The van der Waals surface area contributed by atoms with Gasteiger partial charge in [0.2, 0.25) is 5.91 Å². The van der Waals surface area contributed by atoms with Crippen LogP contribution in [0.15, 0.2) is 24.3 Å². The summed E-state index contributed by atoms with van der Waals surface area (Å²) >= 11 is 0. The van der Waals surface area contributed by atoms with Gasteiger partial charge in [-0.3, -0.25) is 4.79 Å². The normalized spacial score (nSPS) is 17.1. The van der Waals surface area contributed by atoms with E-state index in [1.165, 1.54) is 12.8 Å². The average molecular weight is 288 g/mol. The first-order valence-electron chi connectivity index (χ1n) is 8.03. The minimum Gasteiger partial charge on any atom is -0.399 e. The van der Waals surface area contributed by atoms with Crippen molar-refractivity contribution in [1.82, 2.24) is 4.90 Å². The van der Waals surface area contributed by atoms with E-state index in [0.717, 1.165) is 30.5 Å². The van der Waals surface area contributed by atoms with Crippen molar-refractivity contribution in [2.24, 2.45) is 11.3 Å². The van der Waals surface area contributed by atoms with Gasteiger partial charge in [0, 0.05) is 24.7 Å². The van der Waals surface area contributed by atoms with Crippen LogP contribution in [0.25, 0.3) is 0 Å². The van der Waals surface area contributed by atoms with E-state index in [4.69, 9.17) is 5.73 Å². The van der Waals surface area contributed by atoms with Crippen LogP contribution in [-0.4, -0.2) is 17.9 Å². The summed E-state index contributed by atoms with van der Waals surface area (Å²) < 4.78 is 0. The second-order valence-corrected chi connectivity index (χ2v) is 6.99. The SMILES string of the molecule is CC(C)CC1(C(=O)N(C)Cc2ccc(N)cc2)CCCC1. The molecule has 21 heavy (non-hydrogen) atoms. The second-order valence-electron chi connectivity index (χ2n) is 6.99. The molecule has 0 saturated heterocycles. The molecule has 0 atom stereocenters. The highest BCUT2D eigenvalue weighted by molar-refractivity contribution is 5.82. The van der Waals surface area contributed by atoms with E-state index in [0.29, 0.717) is 18.4 Å². The molecule has 0 spiro atoms. The van der Waals surface area contributed by atoms with Crippen molar-refractivity contribution in [3.05, 3.63) is 29.8 Å². The first-order valence-corrected chi connectivity index (χ1v) is 8.03. The lowest BCUT2D eigenvalue weighted by atomic mass is 9.77. The van der Waals surface area contributed by atoms with Crippen LogP contribution in [0.4, 0.5) is 5.69 Å². The van der Waals surface area contributed by atoms with E-state index in [1.54, 1.807) is 0 Å². The highest BCUT2D eigenvalue weighted by Crippen LogP contribution is 2.44. The maximum Gasteiger partial charge on any atom is 0.228 e. The van der Waals surface area contributed by atoms with Gasteiger partial charge >= 0.3 is 0 Å². The van der Waals surface area contributed by atoms with Crippen molar-refractivity contribution >= 4 is 11.6 Å². The van der Waals surface area contributed by atoms with Crippen molar-refractivity contribution in [3.63, 3.8) is 0 Å². The fourth-order valence-corrected chi connectivity index (χ4v) is 3.71. The third-order valence-corrected chi connectivity index (χ3v) is 4.56. The maximum absolute atomic E-state index is 13.0. The number of nitrogens with zero attached hydrogens (tertiary/aromatic N) is 1. The summed E-state index contributed by atoms with van der Waals surface area (Å²) in [5.41, 5.74) is 7.50. The van der Waals surface area contributed by atoms with Gasteiger partial charge in [-0.2, -0.15) is 0 Å². The van der Waals surface area contributed by atoms with Crippen LogP contribution >= 0.6 is 0 Å². The summed E-state index contributed by atoms with van der Waals surface area (Å²) in [7, 11) is 1.93. The highest BCUT2D eigenvalue weighted by Gasteiger charge is 2.42. The number of nitrogens with two attached hydrogens (primary N) is 1. The number of nitrogen functional groups attached to an aromatic ring is 1. The molecule has 1 aliphatic rings. The lowest BCUT2D eigenvalue weighted by molar-refractivity contribution is -0.142. The van der Waals surface area contributed by atoms with Gasteiger partial charge in [0.1, 0.15) is 0 Å². The van der Waals surface area contributed by atoms with E-state index in [2.05, 4.69) is 13.8 Å². The smallest absolute Gasteiger partial charge is 0.228 e. The molecule has 1 saturated carbocycles. The lowest BCUT2D eigenvalue weighted by Crippen LogP contribution is -2.41. The number of rotatable bonds is 5. The highest BCUT2D eigenvalue weighted by atomic mass is 16.2. The number of hydrogen-bond donors (Lipinski definition) is 1. The molecule has 1 aromatic carbocycles. The van der Waals surface area contributed by atoms with Crippen LogP contribution in [0.3, 0.4) is 0 Å². The number of carbonyl (C=O) groups excluding carboxylic acids is 1. The Balaban J connectivity index is 2.07. The molecular weight excluding hydrogens is 260 g/mol. The summed E-state index contributed by atoms with van der Waals surface area (Å²) in [6, 6.07) is 7.80. The topological polar surface area (TPSA) is 46.3 Å². The van der Waals surface area contributed by atoms with Crippen LogP contribution in [-0.2, 0) is 11.3 Å². The van der Waals surface area contributed by atoms with Gasteiger partial charge in [-0.25, -0.2) is 0 Å². The Morgan fingerprint density at radius 1 is 1.24 bits per heavy atom. The second kappa shape index (κ2) is 6.50. The number of hydrogen-bond acceptors (Lipinski definition) is 2. The van der Waals surface area contributed by atoms with Gasteiger partial charge in [0.05, 0.1) is 0 Å². The maximum atomic E-state index is 13.0. The Labute approximate surface area is 128 Å². The van der Waals surface area contributed by atoms with Crippen molar-refractivity contribution < 1.29 is 4.79 Å². The van der Waals surface area contributed by atoms with Crippen LogP contribution < -0.4 is 5.73 Å². The molecule has 1 aliphatic carbocycles. The summed E-state index contributed by atoms with van der Waals surface area (Å²) in [5, 5.41) is 0. The average Bonchev–Trinajstić information content (AvgIpc) is 2.89. The lowest BCUT2D eigenvalue weighted by Gasteiger charge is -2.34. The zero-order valence-corrected chi connectivity index (χ0v) is 13.6. The van der Waals surface area contributed by atoms with Gasteiger partial charge in [-0.15, -0.1) is 0 Å². The molecule has 116 valence electrons. The molecule has 1 amide bonds. The van der Waals surface area contributed by atoms with Crippen molar-refractivity contribution in [2.45, 2.75) is 52.5 Å². The molecule has 2 rings (SSSR count). The number of amides is 1. The van der Waals surface area contributed by atoms with Gasteiger partial charge in [-0.05, 0) is 42.9 Å². The van der Waals surface area contributed by atoms with Crippen LogP contribution in [0.5, 0.6) is 0 Å². The standard InChI is InChI=1S/C18H28N2O/c1-14(2)12-18(10-4-5-11-18)17(21)20(3)13-15-6-8-16(19)9-7-15/h6-9,14H,4-5,10-13,19H2,1-3H3. The predicted molar refractivity (Wildman–Crippen MR) is 87.7 cm³/mol. The fraction of sp³-hybridized carbons (Fsp3) is 0.611. The number of benzene rings is 1. The molecule has 0 aliphatic heterocycles. The molecule has 1 fully saturated rings. The monoisotopic (exact) mass is 288 g/mol. The van der Waals surface area contributed by atoms with Crippen LogP contribution in [0.1, 0.15) is 51.5 Å². The Hall–Kier alpha value is -1.51. The first-order chi connectivity index (χ1) is 9.93. The van der Waals surface area contributed by atoms with E-state index >= 15 is 0 Å². The number of anilines is 1. The first kappa shape index (κ1) is 15.9. The minimum absolute atomic E-state index is 0.114. The van der Waals surface area contributed by atoms with Gasteiger partial charge < -0.3 is 10.6 Å². The molecule has 0 bridgehead atoms. The Kier molecular flexibility index (Phi) is 4.92. The molecule has 3 nitrogen and oxygen atoms in total. The fourth-order valence-electron chi connectivity index (χ4n) is 3.71. The molecule has 2 N–H and O–H groups in total. The molecule has 1 aromatic rings. The zero-order chi connectivity index (χ0) is 15.5. The molecule has 0 heterocycles. The predicted octanol–water partition coefficient (Wildman–Crippen LogP) is 3.83. The molecule has 3 heteroatoms. The van der Waals surface area contributed by atoms with Crippen molar-refractivity contribution in [3.8, 4) is 0 Å². The van der Waals surface area contributed by atoms with E-state index in [1.807, 2.05) is 36.2 Å². The molecule has 0 radical (unpaired) electrons. The van der Waals surface area contributed by atoms with E-state index in [9.17, 15) is 4.79 Å². The van der Waals surface area contributed by atoms with Gasteiger partial charge in [-0.1, -0.05) is 38.8 Å². The molecule has 0 unspecified atom stereocenters. The van der Waals surface area contributed by atoms with Gasteiger partial charge in [0.15, 0.2) is 0 Å². The van der Waals surface area contributed by atoms with Crippen LogP contribution in [0, 0.1) is 11.3 Å². The molecule has 0 aromatic heterocycles. The minimum atomic E-state index is -0.114. The Morgan fingerprint density at radius 2 is 1.81 bits per heavy atom. The Morgan fingerprint density at radius 3 is 2.33 bits per heavy atom. The third kappa shape index (κ3) is 3.78. The zero-order valence-electron chi connectivity index (χ0n) is 13.6.